The topological polar surface area (TPSA) is 112 Å². The second-order valence-corrected chi connectivity index (χ2v) is 15.6. The largest absolute Gasteiger partial charge is 0.508 e. The van der Waals surface area contributed by atoms with Crippen molar-refractivity contribution in [2.75, 3.05) is 0 Å². The Hall–Kier alpha value is -2.96. The number of aromatic hydroxyl groups is 2. The zero-order chi connectivity index (χ0) is 31.1. The number of benzene rings is 2. The first-order valence-corrected chi connectivity index (χ1v) is 17.0. The molecule has 5 nitrogen and oxygen atoms in total. The van der Waals surface area contributed by atoms with Crippen LogP contribution in [0.1, 0.15) is 112 Å². The number of fused-ring (bicyclic) bond motifs is 10. The quantitative estimate of drug-likeness (QED) is 0.259. The third-order valence-corrected chi connectivity index (χ3v) is 14.2. The lowest BCUT2D eigenvalue weighted by Gasteiger charge is -2.52. The Kier molecular flexibility index (Phi) is 7.88. The van der Waals surface area contributed by atoms with Gasteiger partial charge in [0.25, 0.3) is 0 Å². The number of rotatable bonds is 0. The minimum Gasteiger partial charge on any atom is -0.508 e. The molecule has 0 saturated heterocycles. The molecule has 2 aromatic rings. The molecule has 2 aromatic carbocycles. The van der Waals surface area contributed by atoms with Crippen molar-refractivity contribution in [2.45, 2.75) is 114 Å². The maximum absolute atomic E-state index is 10.9. The molecular formula is C40H50O5. The van der Waals surface area contributed by atoms with Gasteiger partial charge in [-0.3, -0.25) is 0 Å². The lowest BCUT2D eigenvalue weighted by molar-refractivity contribution is -0.0647. The van der Waals surface area contributed by atoms with E-state index in [0.29, 0.717) is 47.0 Å². The highest BCUT2D eigenvalue weighted by molar-refractivity contribution is 5.42. The zero-order valence-corrected chi connectivity index (χ0v) is 26.9. The Morgan fingerprint density at radius 2 is 1.02 bits per heavy atom. The molecule has 6 aliphatic rings. The van der Waals surface area contributed by atoms with Crippen LogP contribution in [0.4, 0.5) is 0 Å². The van der Waals surface area contributed by atoms with Crippen molar-refractivity contribution in [1.29, 1.82) is 0 Å². The van der Waals surface area contributed by atoms with Gasteiger partial charge in [0.2, 0.25) is 0 Å². The average molecular weight is 611 g/mol. The van der Waals surface area contributed by atoms with E-state index in [-0.39, 0.29) is 16.3 Å². The highest BCUT2D eigenvalue weighted by atomic mass is 16.3. The van der Waals surface area contributed by atoms with E-state index in [1.807, 2.05) is 24.3 Å². The van der Waals surface area contributed by atoms with Gasteiger partial charge in [0.15, 0.2) is 0 Å². The first kappa shape index (κ1) is 32.0. The molecule has 0 amide bonds. The molecule has 0 aromatic heterocycles. The van der Waals surface area contributed by atoms with Gasteiger partial charge in [0, 0.05) is 10.8 Å². The molecule has 0 aliphatic heterocycles. The fourth-order valence-electron chi connectivity index (χ4n) is 11.6. The normalized spacial score (nSPS) is 41.9. The van der Waals surface area contributed by atoms with Crippen molar-refractivity contribution in [1.82, 2.24) is 0 Å². The van der Waals surface area contributed by atoms with Gasteiger partial charge in [-0.2, -0.15) is 0 Å². The molecule has 6 N–H and O–H groups in total. The highest BCUT2D eigenvalue weighted by Gasteiger charge is 2.62. The fraction of sp³-hybridized carbons (Fsp3) is 0.600. The number of terminal acetylenes is 2. The lowest BCUT2D eigenvalue weighted by atomic mass is 9.53. The number of aliphatic hydroxyl groups is 2. The molecule has 4 saturated carbocycles. The minimum atomic E-state index is -0.919. The lowest BCUT2D eigenvalue weighted by Crippen LogP contribution is -2.50. The summed E-state index contributed by atoms with van der Waals surface area (Å²) in [5, 5.41) is 41.3. The van der Waals surface area contributed by atoms with Crippen molar-refractivity contribution in [3.05, 3.63) is 58.7 Å². The minimum absolute atomic E-state index is 0. The predicted octanol–water partition coefficient (Wildman–Crippen LogP) is 6.40. The van der Waals surface area contributed by atoms with Crippen molar-refractivity contribution < 1.29 is 25.9 Å². The number of hydrogen-bond acceptors (Lipinski definition) is 4. The van der Waals surface area contributed by atoms with Crippen molar-refractivity contribution >= 4 is 0 Å². The van der Waals surface area contributed by atoms with Crippen LogP contribution in [0, 0.1) is 59.2 Å². The summed E-state index contributed by atoms with van der Waals surface area (Å²) in [6.07, 6.45) is 23.5. The van der Waals surface area contributed by atoms with E-state index in [0.717, 1.165) is 77.0 Å². The van der Waals surface area contributed by atoms with Crippen molar-refractivity contribution in [2.24, 2.45) is 34.5 Å². The molecule has 6 aliphatic carbocycles. The van der Waals surface area contributed by atoms with Gasteiger partial charge in [0.05, 0.1) is 0 Å². The summed E-state index contributed by atoms with van der Waals surface area (Å²) in [6, 6.07) is 11.7. The standard InChI is InChI=1S/2C20H24O2.H2O/c2*1-3-20(22)11-9-18-17-6-4-13-12-14(21)5-7-15(13)16(17)8-10-19(18,20)2;/h2*1,5,7,12,16-18,21-22H,4,6,8-11H2,2H3;1H2/t2*16-,17-,18+,19+,20+;/m11./s1. The Morgan fingerprint density at radius 1 is 0.622 bits per heavy atom. The van der Waals surface area contributed by atoms with Gasteiger partial charge in [-0.15, -0.1) is 12.8 Å². The molecule has 10 atom stereocenters. The van der Waals surface area contributed by atoms with Gasteiger partial charge >= 0.3 is 0 Å². The first-order chi connectivity index (χ1) is 21.0. The highest BCUT2D eigenvalue weighted by Crippen LogP contribution is 2.65. The summed E-state index contributed by atoms with van der Waals surface area (Å²) < 4.78 is 0. The van der Waals surface area contributed by atoms with Crippen LogP contribution in [-0.2, 0) is 12.8 Å². The van der Waals surface area contributed by atoms with Crippen LogP contribution in [0.3, 0.4) is 0 Å². The van der Waals surface area contributed by atoms with E-state index in [9.17, 15) is 20.4 Å². The van der Waals surface area contributed by atoms with Crippen LogP contribution < -0.4 is 0 Å². The summed E-state index contributed by atoms with van der Waals surface area (Å²) in [4.78, 5) is 0. The summed E-state index contributed by atoms with van der Waals surface area (Å²) in [6.45, 7) is 4.43. The van der Waals surface area contributed by atoms with E-state index in [4.69, 9.17) is 12.8 Å². The Balaban J connectivity index is 0.000000155. The molecule has 5 heteroatoms. The maximum atomic E-state index is 10.9. The van der Waals surface area contributed by atoms with E-state index in [1.54, 1.807) is 0 Å². The summed E-state index contributed by atoms with van der Waals surface area (Å²) in [7, 11) is 0. The molecular weight excluding hydrogens is 560 g/mol. The molecule has 0 heterocycles. The zero-order valence-electron chi connectivity index (χ0n) is 26.9. The van der Waals surface area contributed by atoms with Crippen LogP contribution in [-0.4, -0.2) is 37.1 Å². The number of phenols is 2. The Bertz CT molecular complexity index is 1440. The van der Waals surface area contributed by atoms with E-state index >= 15 is 0 Å². The van der Waals surface area contributed by atoms with Gasteiger partial charge in [-0.1, -0.05) is 37.8 Å². The third kappa shape index (κ3) is 4.57. The fourth-order valence-corrected chi connectivity index (χ4v) is 11.6. The van der Waals surface area contributed by atoms with Gasteiger partial charge in [-0.25, -0.2) is 0 Å². The summed E-state index contributed by atoms with van der Waals surface area (Å²) >= 11 is 0. The predicted molar refractivity (Wildman–Crippen MR) is 177 cm³/mol. The van der Waals surface area contributed by atoms with Crippen LogP contribution in [0.5, 0.6) is 11.5 Å². The number of aryl methyl sites for hydroxylation is 2. The maximum Gasteiger partial charge on any atom is 0.130 e. The molecule has 8 rings (SSSR count). The Labute approximate surface area is 268 Å². The first-order valence-electron chi connectivity index (χ1n) is 17.0. The van der Waals surface area contributed by atoms with E-state index in [1.165, 1.54) is 22.3 Å². The molecule has 45 heavy (non-hydrogen) atoms. The average Bonchev–Trinajstić information content (AvgIpc) is 3.46. The molecule has 0 unspecified atom stereocenters. The molecule has 0 bridgehead atoms. The molecule has 4 fully saturated rings. The Morgan fingerprint density at radius 3 is 1.40 bits per heavy atom. The van der Waals surface area contributed by atoms with Crippen molar-refractivity contribution in [3.8, 4) is 36.2 Å². The summed E-state index contributed by atoms with van der Waals surface area (Å²) in [5.74, 6) is 9.64. The van der Waals surface area contributed by atoms with Crippen LogP contribution in [0.15, 0.2) is 36.4 Å². The smallest absolute Gasteiger partial charge is 0.130 e. The third-order valence-electron chi connectivity index (χ3n) is 14.2. The monoisotopic (exact) mass is 610 g/mol. The van der Waals surface area contributed by atoms with Crippen LogP contribution >= 0.6 is 0 Å². The van der Waals surface area contributed by atoms with Gasteiger partial charge in [0.1, 0.15) is 22.7 Å². The summed E-state index contributed by atoms with van der Waals surface area (Å²) in [5.41, 5.74) is 3.38. The van der Waals surface area contributed by atoms with Crippen LogP contribution in [0.25, 0.3) is 0 Å². The van der Waals surface area contributed by atoms with E-state index < -0.39 is 11.2 Å². The number of phenolic OH excluding ortho intramolecular Hbond substituents is 2. The van der Waals surface area contributed by atoms with E-state index in [2.05, 4.69) is 37.8 Å². The second-order valence-electron chi connectivity index (χ2n) is 15.6. The molecule has 0 radical (unpaired) electrons. The molecule has 240 valence electrons. The van der Waals surface area contributed by atoms with Gasteiger partial charge < -0.3 is 25.9 Å². The van der Waals surface area contributed by atoms with Crippen LogP contribution in [0.2, 0.25) is 0 Å². The second kappa shape index (κ2) is 11.1. The SMILES string of the molecule is C#C[C@]1(O)CC[C@H]2[C@@H]3CCc4cc(O)ccc4[C@H]3CC[C@@]21C.C#C[C@]1(O)CC[C@H]2[C@@H]3CCc4cc(O)ccc4[C@H]3CC[C@@]21C.O. The molecule has 0 spiro atoms. The van der Waals surface area contributed by atoms with Crippen molar-refractivity contribution in [3.63, 3.8) is 0 Å². The van der Waals surface area contributed by atoms with Gasteiger partial charge in [-0.05, 0) is 159 Å². The number of hydrogen-bond donors (Lipinski definition) is 4.